The van der Waals surface area contributed by atoms with Gasteiger partial charge in [-0.15, -0.1) is 17.8 Å². The lowest BCUT2D eigenvalue weighted by Gasteiger charge is -2.47. The molecule has 2 fully saturated rings. The van der Waals surface area contributed by atoms with Gasteiger partial charge in [-0.1, -0.05) is 23.2 Å². The maximum Gasteiger partial charge on any atom is 0.180 e. The fourth-order valence-electron chi connectivity index (χ4n) is 4.93. The lowest BCUT2D eigenvalue weighted by Crippen LogP contribution is -2.54. The average molecular weight is 505 g/mol. The number of hydrogen-bond acceptors (Lipinski definition) is 7. The highest BCUT2D eigenvalue weighted by molar-refractivity contribution is 7.20. The molecule has 5 rings (SSSR count). The lowest BCUT2D eigenvalue weighted by molar-refractivity contribution is 0.101. The lowest BCUT2D eigenvalue weighted by atomic mass is 9.80. The van der Waals surface area contributed by atoms with Crippen LogP contribution in [-0.2, 0) is 13.0 Å². The number of aliphatic hydroxyl groups is 1. The number of piperidine rings is 1. The van der Waals surface area contributed by atoms with Crippen LogP contribution < -0.4 is 4.90 Å². The second-order valence-corrected chi connectivity index (χ2v) is 11.1. The molecule has 5 heterocycles. The number of halogens is 2. The maximum absolute atomic E-state index is 9.25. The van der Waals surface area contributed by atoms with Crippen molar-refractivity contribution in [3.05, 3.63) is 32.2 Å². The molecule has 7 nitrogen and oxygen atoms in total. The molecule has 2 aliphatic rings. The molecule has 33 heavy (non-hydrogen) atoms. The second-order valence-electron chi connectivity index (χ2n) is 8.81. The maximum atomic E-state index is 9.25. The van der Waals surface area contributed by atoms with Crippen molar-refractivity contribution in [2.75, 3.05) is 44.2 Å². The summed E-state index contributed by atoms with van der Waals surface area (Å²) in [6, 6.07) is 1.90. The highest BCUT2D eigenvalue weighted by atomic mass is 35.5. The molecule has 3 aromatic rings. The molecule has 1 N–H and O–H groups in total. The third kappa shape index (κ3) is 4.71. The molecule has 0 bridgehead atoms. The van der Waals surface area contributed by atoms with Crippen LogP contribution in [0.2, 0.25) is 8.67 Å². The topological polar surface area (TPSA) is 70.3 Å². The Hall–Kier alpha value is -1.89. The van der Waals surface area contributed by atoms with Crippen LogP contribution in [0.5, 0.6) is 0 Å². The molecule has 0 amide bonds. The fourth-order valence-corrected chi connectivity index (χ4v) is 6.47. The fraction of sp³-hybridized carbons (Fsp3) is 0.522. The van der Waals surface area contributed by atoms with Gasteiger partial charge in [0, 0.05) is 32.7 Å². The van der Waals surface area contributed by atoms with E-state index < -0.39 is 0 Å². The number of aromatic nitrogens is 4. The van der Waals surface area contributed by atoms with Crippen molar-refractivity contribution in [1.29, 1.82) is 0 Å². The predicted octanol–water partition coefficient (Wildman–Crippen LogP) is 3.56. The van der Waals surface area contributed by atoms with E-state index >= 15 is 0 Å². The quantitative estimate of drug-likeness (QED) is 0.496. The van der Waals surface area contributed by atoms with E-state index in [2.05, 4.69) is 25.8 Å². The van der Waals surface area contributed by atoms with Crippen molar-refractivity contribution < 1.29 is 5.11 Å². The Morgan fingerprint density at radius 3 is 2.79 bits per heavy atom. The molecule has 0 aliphatic carbocycles. The van der Waals surface area contributed by atoms with Crippen LogP contribution in [0.3, 0.4) is 0 Å². The summed E-state index contributed by atoms with van der Waals surface area (Å²) in [6.07, 6.45) is 10.6. The van der Waals surface area contributed by atoms with Crippen LogP contribution in [0, 0.1) is 24.2 Å². The van der Waals surface area contributed by atoms with Crippen molar-refractivity contribution in [2.45, 2.75) is 25.8 Å². The van der Waals surface area contributed by atoms with Crippen LogP contribution in [0.15, 0.2) is 12.3 Å². The van der Waals surface area contributed by atoms with E-state index in [1.807, 2.05) is 10.7 Å². The van der Waals surface area contributed by atoms with Gasteiger partial charge >= 0.3 is 0 Å². The molecule has 10 heteroatoms. The average Bonchev–Trinajstić information content (AvgIpc) is 3.29. The Morgan fingerprint density at radius 1 is 1.21 bits per heavy atom. The molecule has 0 radical (unpaired) electrons. The second kappa shape index (κ2) is 9.77. The van der Waals surface area contributed by atoms with Crippen molar-refractivity contribution in [2.24, 2.45) is 11.8 Å². The molecule has 2 aliphatic heterocycles. The highest BCUT2D eigenvalue weighted by Gasteiger charge is 2.36. The van der Waals surface area contributed by atoms with Gasteiger partial charge in [-0.2, -0.15) is 5.10 Å². The van der Waals surface area contributed by atoms with Crippen molar-refractivity contribution in [3.63, 3.8) is 0 Å². The van der Waals surface area contributed by atoms with Gasteiger partial charge in [-0.25, -0.2) is 14.6 Å². The smallest absolute Gasteiger partial charge is 0.180 e. The number of thiophene rings is 1. The first-order valence-corrected chi connectivity index (χ1v) is 12.8. The molecular weight excluding hydrogens is 479 g/mol. The number of aliphatic hydroxyl groups excluding tert-OH is 1. The molecule has 174 valence electrons. The number of β-amino-alcohol motifs (C(OH)–C–C–N with tert-alkyl or cyclic N) is 1. The van der Waals surface area contributed by atoms with E-state index in [-0.39, 0.29) is 6.61 Å². The van der Waals surface area contributed by atoms with Gasteiger partial charge in [0.25, 0.3) is 0 Å². The van der Waals surface area contributed by atoms with E-state index in [4.69, 9.17) is 34.6 Å². The van der Waals surface area contributed by atoms with Crippen LogP contribution in [0.1, 0.15) is 24.1 Å². The number of nitrogens with zero attached hydrogens (tertiary/aromatic N) is 6. The number of rotatable bonds is 7. The summed E-state index contributed by atoms with van der Waals surface area (Å²) in [6.45, 7) is 5.75. The summed E-state index contributed by atoms with van der Waals surface area (Å²) >= 11 is 13.7. The van der Waals surface area contributed by atoms with Gasteiger partial charge in [-0.05, 0) is 55.2 Å². The first-order chi connectivity index (χ1) is 16.1. The standard InChI is InChI=1S/C23H26Cl2N6OS/c1-2-18-21-23(31(28-18)7-5-15-10-19(24)33-22(15)25)27-20(11-26-21)30-13-17(14-30)16-4-3-6-29(12-16)8-9-32/h1,10-11,16-17,32H,3-9,12-14H2/t16-/m0/s1. The number of likely N-dealkylation sites (tertiary alicyclic amines) is 1. The molecule has 3 aromatic heterocycles. The zero-order valence-electron chi connectivity index (χ0n) is 18.3. The van der Waals surface area contributed by atoms with Crippen LogP contribution in [0.4, 0.5) is 5.82 Å². The van der Waals surface area contributed by atoms with Crippen LogP contribution in [0.25, 0.3) is 11.2 Å². The summed E-state index contributed by atoms with van der Waals surface area (Å²) in [4.78, 5) is 14.2. The van der Waals surface area contributed by atoms with Crippen molar-refractivity contribution in [1.82, 2.24) is 24.6 Å². The van der Waals surface area contributed by atoms with E-state index in [1.54, 1.807) is 6.20 Å². The third-order valence-electron chi connectivity index (χ3n) is 6.75. The largest absolute Gasteiger partial charge is 0.395 e. The zero-order valence-corrected chi connectivity index (χ0v) is 20.6. The van der Waals surface area contributed by atoms with Crippen molar-refractivity contribution >= 4 is 51.5 Å². The SMILES string of the molecule is C#Cc1nn(CCc2cc(Cl)sc2Cl)c2nc(N3CC([C@H]4CCCN(CCO)C4)C3)cnc12. The van der Waals surface area contributed by atoms with Gasteiger partial charge in [0.05, 0.1) is 21.5 Å². The van der Waals surface area contributed by atoms with E-state index in [1.165, 1.54) is 24.2 Å². The minimum absolute atomic E-state index is 0.234. The Labute approximate surface area is 207 Å². The number of terminal acetylenes is 1. The number of hydrogen-bond donors (Lipinski definition) is 1. The van der Waals surface area contributed by atoms with Crippen molar-refractivity contribution in [3.8, 4) is 12.3 Å². The van der Waals surface area contributed by atoms with Gasteiger partial charge in [-0.3, -0.25) is 0 Å². The zero-order chi connectivity index (χ0) is 22.9. The predicted molar refractivity (Wildman–Crippen MR) is 133 cm³/mol. The molecule has 0 saturated carbocycles. The van der Waals surface area contributed by atoms with Crippen LogP contribution >= 0.6 is 34.5 Å². The minimum Gasteiger partial charge on any atom is -0.395 e. The summed E-state index contributed by atoms with van der Waals surface area (Å²) in [5.41, 5.74) is 2.86. The monoisotopic (exact) mass is 504 g/mol. The molecule has 0 aromatic carbocycles. The molecular formula is C23H26Cl2N6OS. The van der Waals surface area contributed by atoms with E-state index in [9.17, 15) is 5.11 Å². The molecule has 2 saturated heterocycles. The summed E-state index contributed by atoms with van der Waals surface area (Å²) in [5, 5.41) is 13.8. The van der Waals surface area contributed by atoms with Gasteiger partial charge in [0.1, 0.15) is 11.3 Å². The number of anilines is 1. The number of aryl methyl sites for hydroxylation is 2. The summed E-state index contributed by atoms with van der Waals surface area (Å²) in [5.74, 6) is 4.83. The molecule has 0 spiro atoms. The Morgan fingerprint density at radius 2 is 2.06 bits per heavy atom. The first kappa shape index (κ1) is 22.9. The van der Waals surface area contributed by atoms with Crippen LogP contribution in [-0.4, -0.2) is 69.1 Å². The van der Waals surface area contributed by atoms with Gasteiger partial charge in [0.15, 0.2) is 11.3 Å². The Kier molecular flexibility index (Phi) is 6.77. The van der Waals surface area contributed by atoms with E-state index in [0.29, 0.717) is 50.3 Å². The van der Waals surface area contributed by atoms with Gasteiger partial charge < -0.3 is 14.9 Å². The highest BCUT2D eigenvalue weighted by Crippen LogP contribution is 2.34. The Bertz CT molecular complexity index is 1180. The summed E-state index contributed by atoms with van der Waals surface area (Å²) < 4.78 is 3.21. The molecule has 1 atom stereocenters. The minimum atomic E-state index is 0.234. The molecule has 0 unspecified atom stereocenters. The normalized spacial score (nSPS) is 19.7. The third-order valence-corrected chi connectivity index (χ3v) is 8.32. The first-order valence-electron chi connectivity index (χ1n) is 11.3. The van der Waals surface area contributed by atoms with E-state index in [0.717, 1.165) is 44.1 Å². The number of fused-ring (bicyclic) bond motifs is 1. The Balaban J connectivity index is 1.29. The summed E-state index contributed by atoms with van der Waals surface area (Å²) in [7, 11) is 0. The van der Waals surface area contributed by atoms with Gasteiger partial charge in [0.2, 0.25) is 0 Å².